The molecule has 0 spiro atoms. The first-order valence-electron chi connectivity index (χ1n) is 7.37. The third kappa shape index (κ3) is 5.34. The van der Waals surface area contributed by atoms with Gasteiger partial charge in [0.2, 0.25) is 11.8 Å². The quantitative estimate of drug-likeness (QED) is 0.606. The molecule has 5 nitrogen and oxygen atoms in total. The Labute approximate surface area is 145 Å². The van der Waals surface area contributed by atoms with Crippen LogP contribution in [0.25, 0.3) is 0 Å². The maximum absolute atomic E-state index is 11.9. The van der Waals surface area contributed by atoms with Gasteiger partial charge in [0.15, 0.2) is 0 Å². The van der Waals surface area contributed by atoms with Crippen LogP contribution < -0.4 is 5.32 Å². The molecule has 0 bridgehead atoms. The molecule has 0 radical (unpaired) electrons. The number of carbonyl (C=O) groups excluding carboxylic acids is 2. The lowest BCUT2D eigenvalue weighted by Crippen LogP contribution is -2.29. The Kier molecular flexibility index (Phi) is 6.56. The number of benzene rings is 1. The minimum atomic E-state index is -0.0663. The van der Waals surface area contributed by atoms with Gasteiger partial charge in [0.05, 0.1) is 17.4 Å². The van der Waals surface area contributed by atoms with Gasteiger partial charge in [-0.15, -0.1) is 0 Å². The molecule has 1 aliphatic rings. The molecule has 1 aromatic carbocycles. The highest BCUT2D eigenvalue weighted by Crippen LogP contribution is 2.20. The van der Waals surface area contributed by atoms with Crippen molar-refractivity contribution in [2.75, 3.05) is 17.6 Å². The van der Waals surface area contributed by atoms with Crippen LogP contribution in [0.2, 0.25) is 0 Å². The average molecular weight is 347 g/mol. The van der Waals surface area contributed by atoms with Crippen molar-refractivity contribution in [1.82, 2.24) is 4.90 Å². The maximum Gasteiger partial charge on any atom is 0.238 e. The van der Waals surface area contributed by atoms with E-state index in [2.05, 4.69) is 5.32 Å². The van der Waals surface area contributed by atoms with Gasteiger partial charge >= 0.3 is 0 Å². The van der Waals surface area contributed by atoms with Crippen molar-refractivity contribution in [3.05, 3.63) is 29.8 Å². The Morgan fingerprint density at radius 2 is 2.22 bits per heavy atom. The minimum absolute atomic E-state index is 0.0663. The summed E-state index contributed by atoms with van der Waals surface area (Å²) in [7, 11) is 0. The lowest BCUT2D eigenvalue weighted by atomic mass is 10.1. The smallest absolute Gasteiger partial charge is 0.238 e. The van der Waals surface area contributed by atoms with Crippen molar-refractivity contribution in [1.29, 1.82) is 5.26 Å². The molecular formula is C16H17N3O2S2. The van der Waals surface area contributed by atoms with Crippen molar-refractivity contribution in [3.63, 3.8) is 0 Å². The van der Waals surface area contributed by atoms with Crippen LogP contribution in [0.4, 0.5) is 5.69 Å². The topological polar surface area (TPSA) is 73.2 Å². The van der Waals surface area contributed by atoms with Crippen molar-refractivity contribution >= 4 is 45.8 Å². The second-order valence-electron chi connectivity index (χ2n) is 5.15. The number of nitrogens with zero attached hydrogens (tertiary/aromatic N) is 2. The number of hydrogen-bond acceptors (Lipinski definition) is 5. The molecule has 1 fully saturated rings. The lowest BCUT2D eigenvalue weighted by molar-refractivity contribution is -0.124. The number of unbranched alkanes of at least 4 members (excludes halogenated alkanes) is 2. The van der Waals surface area contributed by atoms with Crippen LogP contribution in [0.5, 0.6) is 0 Å². The Morgan fingerprint density at radius 1 is 1.39 bits per heavy atom. The summed E-state index contributed by atoms with van der Waals surface area (Å²) < 4.78 is 0.658. The largest absolute Gasteiger partial charge is 0.326 e. The number of hydrogen-bond donors (Lipinski definition) is 1. The van der Waals surface area contributed by atoms with Crippen LogP contribution in [0.1, 0.15) is 31.2 Å². The van der Waals surface area contributed by atoms with Crippen molar-refractivity contribution < 1.29 is 9.59 Å². The van der Waals surface area contributed by atoms with E-state index < -0.39 is 0 Å². The molecule has 0 saturated carbocycles. The number of anilines is 1. The van der Waals surface area contributed by atoms with Gasteiger partial charge in [-0.2, -0.15) is 5.26 Å². The number of nitrogens with one attached hydrogen (secondary N) is 1. The summed E-state index contributed by atoms with van der Waals surface area (Å²) in [5, 5.41) is 11.6. The summed E-state index contributed by atoms with van der Waals surface area (Å²) in [6, 6.07) is 8.88. The molecule has 1 saturated heterocycles. The zero-order chi connectivity index (χ0) is 16.7. The van der Waals surface area contributed by atoms with Gasteiger partial charge < -0.3 is 5.32 Å². The van der Waals surface area contributed by atoms with Gasteiger partial charge in [-0.25, -0.2) is 0 Å². The van der Waals surface area contributed by atoms with Gasteiger partial charge in [-0.05, 0) is 31.0 Å². The Morgan fingerprint density at radius 3 is 2.91 bits per heavy atom. The van der Waals surface area contributed by atoms with E-state index in [9.17, 15) is 9.59 Å². The second kappa shape index (κ2) is 8.65. The molecule has 0 aliphatic carbocycles. The summed E-state index contributed by atoms with van der Waals surface area (Å²) in [4.78, 5) is 25.0. The molecule has 1 N–H and O–H groups in total. The average Bonchev–Trinajstić information content (AvgIpc) is 2.86. The highest BCUT2D eigenvalue weighted by Gasteiger charge is 2.25. The van der Waals surface area contributed by atoms with Gasteiger partial charge in [-0.1, -0.05) is 36.5 Å². The molecule has 1 heterocycles. The molecule has 0 unspecified atom stereocenters. The lowest BCUT2D eigenvalue weighted by Gasteiger charge is -2.14. The third-order valence-electron chi connectivity index (χ3n) is 3.40. The van der Waals surface area contributed by atoms with E-state index in [-0.39, 0.29) is 11.8 Å². The van der Waals surface area contributed by atoms with Crippen LogP contribution in [0.3, 0.4) is 0 Å². The van der Waals surface area contributed by atoms with Crippen LogP contribution in [-0.2, 0) is 9.59 Å². The van der Waals surface area contributed by atoms with E-state index in [1.807, 2.05) is 6.07 Å². The van der Waals surface area contributed by atoms with Crippen molar-refractivity contribution in [2.24, 2.45) is 0 Å². The Bertz CT molecular complexity index is 639. The minimum Gasteiger partial charge on any atom is -0.326 e. The van der Waals surface area contributed by atoms with E-state index in [1.165, 1.54) is 11.8 Å². The summed E-state index contributed by atoms with van der Waals surface area (Å²) >= 11 is 6.52. The molecule has 2 rings (SSSR count). The fourth-order valence-corrected chi connectivity index (χ4v) is 3.34. The fourth-order valence-electron chi connectivity index (χ4n) is 2.22. The summed E-state index contributed by atoms with van der Waals surface area (Å²) in [6.45, 7) is 0.635. The van der Waals surface area contributed by atoms with Crippen LogP contribution in [-0.4, -0.2) is 33.3 Å². The van der Waals surface area contributed by atoms with E-state index in [0.29, 0.717) is 34.3 Å². The molecule has 120 valence electrons. The Hall–Kier alpha value is -1.91. The number of amides is 2. The normalized spacial score (nSPS) is 14.0. The first-order chi connectivity index (χ1) is 11.1. The Balaban J connectivity index is 1.64. The van der Waals surface area contributed by atoms with Crippen molar-refractivity contribution in [2.45, 2.75) is 25.7 Å². The van der Waals surface area contributed by atoms with E-state index in [4.69, 9.17) is 17.5 Å². The summed E-state index contributed by atoms with van der Waals surface area (Å²) in [6.07, 6.45) is 2.88. The van der Waals surface area contributed by atoms with Crippen LogP contribution >= 0.6 is 24.0 Å². The van der Waals surface area contributed by atoms with Gasteiger partial charge in [0.1, 0.15) is 4.32 Å². The van der Waals surface area contributed by atoms with Gasteiger partial charge in [0, 0.05) is 18.7 Å². The van der Waals surface area contributed by atoms with Gasteiger partial charge in [-0.3, -0.25) is 14.5 Å². The van der Waals surface area contributed by atoms with Crippen molar-refractivity contribution in [3.8, 4) is 6.07 Å². The van der Waals surface area contributed by atoms with E-state index in [0.717, 1.165) is 19.3 Å². The van der Waals surface area contributed by atoms with E-state index in [1.54, 1.807) is 29.2 Å². The summed E-state index contributed by atoms with van der Waals surface area (Å²) in [5.74, 6) is 0.460. The number of rotatable bonds is 7. The maximum atomic E-state index is 11.9. The SMILES string of the molecule is N#Cc1cccc(NC(=O)CCCCCN2C(=O)CSC2=S)c1. The second-order valence-corrected chi connectivity index (χ2v) is 6.76. The molecule has 0 atom stereocenters. The number of thiocarbonyl (C=S) groups is 1. The summed E-state index contributed by atoms with van der Waals surface area (Å²) in [5.41, 5.74) is 1.16. The predicted octanol–water partition coefficient (Wildman–Crippen LogP) is 2.92. The zero-order valence-electron chi connectivity index (χ0n) is 12.6. The number of nitriles is 1. The first kappa shape index (κ1) is 17.4. The highest BCUT2D eigenvalue weighted by atomic mass is 32.2. The molecular weight excluding hydrogens is 330 g/mol. The standard InChI is InChI=1S/C16H17N3O2S2/c17-10-12-5-4-6-13(9-12)18-14(20)7-2-1-3-8-19-15(21)11-23-16(19)22/h4-6,9H,1-3,7-8,11H2,(H,18,20). The molecule has 0 aromatic heterocycles. The van der Waals surface area contributed by atoms with Crippen LogP contribution in [0.15, 0.2) is 24.3 Å². The molecule has 1 aromatic rings. The molecule has 7 heteroatoms. The van der Waals surface area contributed by atoms with E-state index >= 15 is 0 Å². The highest BCUT2D eigenvalue weighted by molar-refractivity contribution is 8.23. The number of carbonyl (C=O) groups is 2. The predicted molar refractivity (Wildman–Crippen MR) is 95.0 cm³/mol. The monoisotopic (exact) mass is 347 g/mol. The molecule has 2 amide bonds. The number of thioether (sulfide) groups is 1. The zero-order valence-corrected chi connectivity index (χ0v) is 14.2. The third-order valence-corrected chi connectivity index (χ3v) is 4.83. The first-order valence-corrected chi connectivity index (χ1v) is 8.76. The van der Waals surface area contributed by atoms with Gasteiger partial charge in [0.25, 0.3) is 0 Å². The fraction of sp³-hybridized carbons (Fsp3) is 0.375. The molecule has 1 aliphatic heterocycles. The molecule has 23 heavy (non-hydrogen) atoms. The van der Waals surface area contributed by atoms with Crippen LogP contribution in [0, 0.1) is 11.3 Å².